The number of hydrogen-bond donors (Lipinski definition) is 0. The molecule has 2 heterocycles. The molecular formula is C19H23N3O. The summed E-state index contributed by atoms with van der Waals surface area (Å²) in [5.74, 6) is 0.207. The molecule has 0 aliphatic carbocycles. The predicted molar refractivity (Wildman–Crippen MR) is 90.8 cm³/mol. The van der Waals surface area contributed by atoms with E-state index in [0.717, 1.165) is 32.5 Å². The van der Waals surface area contributed by atoms with Crippen molar-refractivity contribution < 1.29 is 4.79 Å². The first-order chi connectivity index (χ1) is 11.2. The number of likely N-dealkylation sites (N-methyl/N-ethyl adjacent to an activating group) is 1. The molecule has 0 fully saturated rings. The van der Waals surface area contributed by atoms with Crippen LogP contribution in [0.5, 0.6) is 0 Å². The number of amides is 1. The second-order valence-corrected chi connectivity index (χ2v) is 6.22. The number of aryl methyl sites for hydroxylation is 1. The highest BCUT2D eigenvalue weighted by Gasteiger charge is 2.19. The largest absolute Gasteiger partial charge is 0.337 e. The summed E-state index contributed by atoms with van der Waals surface area (Å²) in [6.07, 6.45) is 5.68. The second kappa shape index (κ2) is 7.38. The van der Waals surface area contributed by atoms with Crippen molar-refractivity contribution >= 4 is 5.91 Å². The van der Waals surface area contributed by atoms with Gasteiger partial charge in [0.1, 0.15) is 0 Å². The van der Waals surface area contributed by atoms with Crippen LogP contribution >= 0.6 is 0 Å². The molecule has 23 heavy (non-hydrogen) atoms. The van der Waals surface area contributed by atoms with Gasteiger partial charge in [0.15, 0.2) is 0 Å². The Labute approximate surface area is 137 Å². The molecule has 0 unspecified atom stereocenters. The van der Waals surface area contributed by atoms with Gasteiger partial charge in [0.2, 0.25) is 5.91 Å². The van der Waals surface area contributed by atoms with Gasteiger partial charge < -0.3 is 4.90 Å². The first-order valence-corrected chi connectivity index (χ1v) is 8.14. The van der Waals surface area contributed by atoms with Crippen LogP contribution in [0.2, 0.25) is 0 Å². The van der Waals surface area contributed by atoms with Gasteiger partial charge in [-0.25, -0.2) is 0 Å². The van der Waals surface area contributed by atoms with E-state index >= 15 is 0 Å². The molecule has 4 nitrogen and oxygen atoms in total. The van der Waals surface area contributed by atoms with E-state index in [4.69, 9.17) is 0 Å². The predicted octanol–water partition coefficient (Wildman–Crippen LogP) is 2.49. The van der Waals surface area contributed by atoms with Crippen LogP contribution in [0.1, 0.15) is 23.1 Å². The molecule has 0 spiro atoms. The van der Waals surface area contributed by atoms with Crippen LogP contribution in [0.4, 0.5) is 0 Å². The summed E-state index contributed by atoms with van der Waals surface area (Å²) >= 11 is 0. The molecule has 1 amide bonds. The van der Waals surface area contributed by atoms with Crippen molar-refractivity contribution in [3.63, 3.8) is 0 Å². The SMILES string of the molecule is CN(CC(=O)N1CCCc2ccccc2C1)Cc1ccncc1. The summed E-state index contributed by atoms with van der Waals surface area (Å²) < 4.78 is 0. The number of rotatable bonds is 4. The highest BCUT2D eigenvalue weighted by Crippen LogP contribution is 2.18. The molecule has 2 aromatic rings. The van der Waals surface area contributed by atoms with E-state index in [1.807, 2.05) is 24.1 Å². The third kappa shape index (κ3) is 4.17. The molecule has 0 saturated carbocycles. The molecular weight excluding hydrogens is 286 g/mol. The van der Waals surface area contributed by atoms with Crippen LogP contribution in [0, 0.1) is 0 Å². The lowest BCUT2D eigenvalue weighted by atomic mass is 10.0. The molecule has 120 valence electrons. The standard InChI is InChI=1S/C19H23N3O/c1-21(13-16-8-10-20-11-9-16)15-19(23)22-12-4-7-17-5-2-3-6-18(17)14-22/h2-3,5-6,8-11H,4,7,12-15H2,1H3. The van der Waals surface area contributed by atoms with Gasteiger partial charge in [-0.05, 0) is 48.7 Å². The van der Waals surface area contributed by atoms with Gasteiger partial charge in [-0.2, -0.15) is 0 Å². The number of nitrogens with zero attached hydrogens (tertiary/aromatic N) is 3. The second-order valence-electron chi connectivity index (χ2n) is 6.22. The average Bonchev–Trinajstić information content (AvgIpc) is 2.78. The molecule has 0 N–H and O–H groups in total. The molecule has 1 aliphatic rings. The fourth-order valence-electron chi connectivity index (χ4n) is 3.10. The summed E-state index contributed by atoms with van der Waals surface area (Å²) in [4.78, 5) is 20.7. The van der Waals surface area contributed by atoms with Gasteiger partial charge in [-0.15, -0.1) is 0 Å². The molecule has 0 saturated heterocycles. The summed E-state index contributed by atoms with van der Waals surface area (Å²) in [6, 6.07) is 12.4. The summed E-state index contributed by atoms with van der Waals surface area (Å²) in [6.45, 7) is 2.79. The van der Waals surface area contributed by atoms with Gasteiger partial charge in [0.25, 0.3) is 0 Å². The summed E-state index contributed by atoms with van der Waals surface area (Å²) in [7, 11) is 1.99. The van der Waals surface area contributed by atoms with E-state index in [9.17, 15) is 4.79 Å². The van der Waals surface area contributed by atoms with Gasteiger partial charge in [0, 0.05) is 32.0 Å². The molecule has 3 rings (SSSR count). The first-order valence-electron chi connectivity index (χ1n) is 8.14. The number of fused-ring (bicyclic) bond motifs is 1. The maximum absolute atomic E-state index is 12.6. The zero-order valence-electron chi connectivity index (χ0n) is 13.6. The Morgan fingerprint density at radius 1 is 1.17 bits per heavy atom. The lowest BCUT2D eigenvalue weighted by Crippen LogP contribution is -2.38. The molecule has 4 heteroatoms. The van der Waals surface area contributed by atoms with Crippen LogP contribution in [-0.4, -0.2) is 40.8 Å². The van der Waals surface area contributed by atoms with E-state index in [-0.39, 0.29) is 5.91 Å². The minimum atomic E-state index is 0.207. The van der Waals surface area contributed by atoms with Crippen LogP contribution < -0.4 is 0 Å². The van der Waals surface area contributed by atoms with Gasteiger partial charge >= 0.3 is 0 Å². The third-order valence-electron chi connectivity index (χ3n) is 4.31. The first kappa shape index (κ1) is 15.7. The number of hydrogen-bond acceptors (Lipinski definition) is 3. The lowest BCUT2D eigenvalue weighted by molar-refractivity contribution is -0.132. The van der Waals surface area contributed by atoms with Crippen molar-refractivity contribution in [3.05, 3.63) is 65.5 Å². The van der Waals surface area contributed by atoms with E-state index in [2.05, 4.69) is 34.1 Å². The van der Waals surface area contributed by atoms with E-state index in [0.29, 0.717) is 6.54 Å². The van der Waals surface area contributed by atoms with Crippen LogP contribution in [0.25, 0.3) is 0 Å². The smallest absolute Gasteiger partial charge is 0.237 e. The summed E-state index contributed by atoms with van der Waals surface area (Å²) in [5, 5.41) is 0. The molecule has 0 atom stereocenters. The van der Waals surface area contributed by atoms with Crippen molar-refractivity contribution in [3.8, 4) is 0 Å². The lowest BCUT2D eigenvalue weighted by Gasteiger charge is -2.24. The maximum Gasteiger partial charge on any atom is 0.237 e. The number of carbonyl (C=O) groups is 1. The van der Waals surface area contributed by atoms with Crippen molar-refractivity contribution in [1.82, 2.24) is 14.8 Å². The number of benzene rings is 1. The minimum absolute atomic E-state index is 0.207. The highest BCUT2D eigenvalue weighted by atomic mass is 16.2. The molecule has 1 aromatic carbocycles. The van der Waals surface area contributed by atoms with E-state index in [1.54, 1.807) is 12.4 Å². The molecule has 0 radical (unpaired) electrons. The van der Waals surface area contributed by atoms with Crippen molar-refractivity contribution in [2.24, 2.45) is 0 Å². The molecule has 1 aromatic heterocycles. The minimum Gasteiger partial charge on any atom is -0.337 e. The fourth-order valence-corrected chi connectivity index (χ4v) is 3.10. The Kier molecular flexibility index (Phi) is 5.03. The van der Waals surface area contributed by atoms with Crippen molar-refractivity contribution in [1.29, 1.82) is 0 Å². The monoisotopic (exact) mass is 309 g/mol. The Hall–Kier alpha value is -2.20. The van der Waals surface area contributed by atoms with Crippen molar-refractivity contribution in [2.45, 2.75) is 25.9 Å². The molecule has 0 bridgehead atoms. The number of aromatic nitrogens is 1. The van der Waals surface area contributed by atoms with Crippen LogP contribution in [0.3, 0.4) is 0 Å². The topological polar surface area (TPSA) is 36.4 Å². The average molecular weight is 309 g/mol. The van der Waals surface area contributed by atoms with Gasteiger partial charge in [0.05, 0.1) is 6.54 Å². The normalized spacial score (nSPS) is 14.4. The number of pyridine rings is 1. The Balaban J connectivity index is 1.60. The van der Waals surface area contributed by atoms with Crippen molar-refractivity contribution in [2.75, 3.05) is 20.1 Å². The van der Waals surface area contributed by atoms with E-state index < -0.39 is 0 Å². The third-order valence-corrected chi connectivity index (χ3v) is 4.31. The zero-order valence-corrected chi connectivity index (χ0v) is 13.6. The van der Waals surface area contributed by atoms with Gasteiger partial charge in [-0.1, -0.05) is 24.3 Å². The quantitative estimate of drug-likeness (QED) is 0.870. The van der Waals surface area contributed by atoms with Gasteiger partial charge in [-0.3, -0.25) is 14.7 Å². The zero-order chi connectivity index (χ0) is 16.1. The van der Waals surface area contributed by atoms with Crippen LogP contribution in [0.15, 0.2) is 48.8 Å². The maximum atomic E-state index is 12.6. The Morgan fingerprint density at radius 2 is 1.91 bits per heavy atom. The summed E-state index contributed by atoms with van der Waals surface area (Å²) in [5.41, 5.74) is 3.85. The highest BCUT2D eigenvalue weighted by molar-refractivity contribution is 5.78. The fraction of sp³-hybridized carbons (Fsp3) is 0.368. The van der Waals surface area contributed by atoms with E-state index in [1.165, 1.54) is 16.7 Å². The number of carbonyl (C=O) groups excluding carboxylic acids is 1. The molecule has 1 aliphatic heterocycles. The Bertz CT molecular complexity index is 657. The Morgan fingerprint density at radius 3 is 2.70 bits per heavy atom. The van der Waals surface area contributed by atoms with Crippen LogP contribution in [-0.2, 0) is 24.3 Å².